The Hall–Kier alpha value is -1.22. The van der Waals surface area contributed by atoms with Crippen LogP contribution in [0.4, 0.5) is 4.39 Å². The zero-order valence-electron chi connectivity index (χ0n) is 8.65. The summed E-state index contributed by atoms with van der Waals surface area (Å²) in [4.78, 5) is 11.5. The topological polar surface area (TPSA) is 29.1 Å². The molecule has 1 aromatic rings. The van der Waals surface area contributed by atoms with Crippen molar-refractivity contribution in [1.82, 2.24) is 5.32 Å². The molecule has 3 heteroatoms. The summed E-state index contributed by atoms with van der Waals surface area (Å²) < 4.78 is 13.6. The summed E-state index contributed by atoms with van der Waals surface area (Å²) in [6, 6.07) is 3.45. The van der Waals surface area contributed by atoms with Crippen LogP contribution in [0.2, 0.25) is 0 Å². The highest BCUT2D eigenvalue weighted by atomic mass is 19.1. The second kappa shape index (κ2) is 4.33. The van der Waals surface area contributed by atoms with Crippen LogP contribution < -0.4 is 5.32 Å². The Bertz CT molecular complexity index is 361. The highest BCUT2D eigenvalue weighted by molar-refractivity contribution is 5.99. The van der Waals surface area contributed by atoms with Gasteiger partial charge in [-0.1, -0.05) is 12.1 Å². The number of nitrogens with one attached hydrogen (secondary N) is 1. The van der Waals surface area contributed by atoms with Crippen LogP contribution in [0.1, 0.15) is 21.5 Å². The molecule has 0 aliphatic rings. The Labute approximate surface area is 83.1 Å². The van der Waals surface area contributed by atoms with Gasteiger partial charge in [-0.15, -0.1) is 0 Å². The summed E-state index contributed by atoms with van der Waals surface area (Å²) in [7, 11) is 1.67. The first-order chi connectivity index (χ1) is 6.57. The standard InChI is InChI=1S/C11H14FNO/c1-7-4-5-8(2)11(12)10(7)9(14)6-13-3/h4-5,13H,6H2,1-3H3. The van der Waals surface area contributed by atoms with Crippen LogP contribution in [0.15, 0.2) is 12.1 Å². The van der Waals surface area contributed by atoms with Crippen molar-refractivity contribution in [3.8, 4) is 0 Å². The molecule has 0 radical (unpaired) electrons. The minimum atomic E-state index is -0.398. The van der Waals surface area contributed by atoms with Gasteiger partial charge in [-0.2, -0.15) is 0 Å². The third kappa shape index (κ3) is 1.99. The molecule has 0 aliphatic heterocycles. The first-order valence-electron chi connectivity index (χ1n) is 4.51. The van der Waals surface area contributed by atoms with Crippen molar-refractivity contribution in [3.63, 3.8) is 0 Å². The first kappa shape index (κ1) is 10.9. The van der Waals surface area contributed by atoms with Crippen molar-refractivity contribution in [2.24, 2.45) is 0 Å². The molecule has 0 saturated heterocycles. The fourth-order valence-electron chi connectivity index (χ4n) is 1.37. The molecule has 14 heavy (non-hydrogen) atoms. The highest BCUT2D eigenvalue weighted by Crippen LogP contribution is 2.16. The second-order valence-electron chi connectivity index (χ2n) is 3.34. The van der Waals surface area contributed by atoms with E-state index in [2.05, 4.69) is 5.32 Å². The third-order valence-corrected chi connectivity index (χ3v) is 2.16. The minimum absolute atomic E-state index is 0.168. The van der Waals surface area contributed by atoms with Crippen molar-refractivity contribution < 1.29 is 9.18 Å². The molecule has 0 unspecified atom stereocenters. The van der Waals surface area contributed by atoms with Gasteiger partial charge in [0.1, 0.15) is 5.82 Å². The van der Waals surface area contributed by atoms with Gasteiger partial charge in [0.05, 0.1) is 12.1 Å². The minimum Gasteiger partial charge on any atom is -0.313 e. The number of carbonyl (C=O) groups is 1. The number of carbonyl (C=O) groups excluding carboxylic acids is 1. The van der Waals surface area contributed by atoms with E-state index in [9.17, 15) is 9.18 Å². The number of aryl methyl sites for hydroxylation is 2. The zero-order chi connectivity index (χ0) is 10.7. The molecule has 1 rings (SSSR count). The number of Topliss-reactive ketones (excluding diaryl/α,β-unsaturated/α-hetero) is 1. The van der Waals surface area contributed by atoms with E-state index in [0.717, 1.165) is 0 Å². The predicted octanol–water partition coefficient (Wildman–Crippen LogP) is 1.84. The highest BCUT2D eigenvalue weighted by Gasteiger charge is 2.15. The Balaban J connectivity index is 3.18. The van der Waals surface area contributed by atoms with E-state index in [1.165, 1.54) is 0 Å². The van der Waals surface area contributed by atoms with Crippen LogP contribution in [-0.2, 0) is 0 Å². The van der Waals surface area contributed by atoms with Gasteiger partial charge in [0.15, 0.2) is 5.78 Å². The lowest BCUT2D eigenvalue weighted by molar-refractivity contribution is 0.0989. The summed E-state index contributed by atoms with van der Waals surface area (Å²) in [5.74, 6) is -0.601. The molecule has 0 aromatic heterocycles. The number of rotatable bonds is 3. The average Bonchev–Trinajstić information content (AvgIpc) is 2.13. The van der Waals surface area contributed by atoms with Crippen LogP contribution >= 0.6 is 0 Å². The van der Waals surface area contributed by atoms with Crippen molar-refractivity contribution in [1.29, 1.82) is 0 Å². The Morgan fingerprint density at radius 1 is 1.36 bits per heavy atom. The Kier molecular flexibility index (Phi) is 3.36. The molecule has 1 aromatic carbocycles. The van der Waals surface area contributed by atoms with Gasteiger partial charge in [-0.25, -0.2) is 4.39 Å². The van der Waals surface area contributed by atoms with Gasteiger partial charge < -0.3 is 5.32 Å². The van der Waals surface area contributed by atoms with Gasteiger partial charge in [0, 0.05) is 0 Å². The van der Waals surface area contributed by atoms with Crippen LogP contribution in [0, 0.1) is 19.7 Å². The van der Waals surface area contributed by atoms with Gasteiger partial charge in [-0.3, -0.25) is 4.79 Å². The fraction of sp³-hybridized carbons (Fsp3) is 0.364. The van der Waals surface area contributed by atoms with Crippen LogP contribution in [-0.4, -0.2) is 19.4 Å². The Morgan fingerprint density at radius 2 is 1.93 bits per heavy atom. The van der Waals surface area contributed by atoms with E-state index in [1.54, 1.807) is 33.0 Å². The van der Waals surface area contributed by atoms with Crippen LogP contribution in [0.25, 0.3) is 0 Å². The molecule has 0 saturated carbocycles. The molecule has 0 atom stereocenters. The van der Waals surface area contributed by atoms with Crippen molar-refractivity contribution in [2.75, 3.05) is 13.6 Å². The molecule has 0 bridgehead atoms. The largest absolute Gasteiger partial charge is 0.313 e. The van der Waals surface area contributed by atoms with Crippen LogP contribution in [0.3, 0.4) is 0 Å². The number of halogens is 1. The fourth-order valence-corrected chi connectivity index (χ4v) is 1.37. The van der Waals surface area contributed by atoms with Crippen molar-refractivity contribution in [2.45, 2.75) is 13.8 Å². The van der Waals surface area contributed by atoms with E-state index >= 15 is 0 Å². The molecule has 1 N–H and O–H groups in total. The molecular weight excluding hydrogens is 181 g/mol. The summed E-state index contributed by atoms with van der Waals surface area (Å²) in [5.41, 5.74) is 1.41. The summed E-state index contributed by atoms with van der Waals surface area (Å²) >= 11 is 0. The number of hydrogen-bond donors (Lipinski definition) is 1. The maximum atomic E-state index is 13.6. The lowest BCUT2D eigenvalue weighted by Gasteiger charge is -2.07. The SMILES string of the molecule is CNCC(=O)c1c(C)ccc(C)c1F. The molecular formula is C11H14FNO. The number of likely N-dealkylation sites (N-methyl/N-ethyl adjacent to an activating group) is 1. The third-order valence-electron chi connectivity index (χ3n) is 2.16. The van der Waals surface area contributed by atoms with Crippen molar-refractivity contribution in [3.05, 3.63) is 34.6 Å². The molecule has 0 spiro atoms. The van der Waals surface area contributed by atoms with E-state index in [1.807, 2.05) is 0 Å². The summed E-state index contributed by atoms with van der Waals surface area (Å²) in [5, 5.41) is 2.72. The van der Waals surface area contributed by atoms with Gasteiger partial charge >= 0.3 is 0 Å². The van der Waals surface area contributed by atoms with E-state index < -0.39 is 5.82 Å². The maximum absolute atomic E-state index is 13.6. The molecule has 0 amide bonds. The first-order valence-corrected chi connectivity index (χ1v) is 4.51. The maximum Gasteiger partial charge on any atom is 0.179 e. The summed E-state index contributed by atoms with van der Waals surface area (Å²) in [6.07, 6.45) is 0. The van der Waals surface area contributed by atoms with E-state index in [-0.39, 0.29) is 17.9 Å². The van der Waals surface area contributed by atoms with E-state index in [0.29, 0.717) is 11.1 Å². The smallest absolute Gasteiger partial charge is 0.179 e. The van der Waals surface area contributed by atoms with Gasteiger partial charge in [-0.05, 0) is 32.0 Å². The quantitative estimate of drug-likeness (QED) is 0.746. The van der Waals surface area contributed by atoms with Gasteiger partial charge in [0.2, 0.25) is 0 Å². The molecule has 0 heterocycles. The monoisotopic (exact) mass is 195 g/mol. The zero-order valence-corrected chi connectivity index (χ0v) is 8.65. The summed E-state index contributed by atoms with van der Waals surface area (Å²) in [6.45, 7) is 3.57. The van der Waals surface area contributed by atoms with Gasteiger partial charge in [0.25, 0.3) is 0 Å². The molecule has 76 valence electrons. The Morgan fingerprint density at radius 3 is 2.50 bits per heavy atom. The molecule has 2 nitrogen and oxygen atoms in total. The van der Waals surface area contributed by atoms with Crippen LogP contribution in [0.5, 0.6) is 0 Å². The van der Waals surface area contributed by atoms with E-state index in [4.69, 9.17) is 0 Å². The lowest BCUT2D eigenvalue weighted by Crippen LogP contribution is -2.20. The predicted molar refractivity (Wildman–Crippen MR) is 54.1 cm³/mol. The van der Waals surface area contributed by atoms with Crippen molar-refractivity contribution >= 4 is 5.78 Å². The lowest BCUT2D eigenvalue weighted by atomic mass is 10.0. The normalized spacial score (nSPS) is 10.3. The average molecular weight is 195 g/mol. The number of ketones is 1. The molecule has 0 fully saturated rings. The number of benzene rings is 1. The molecule has 0 aliphatic carbocycles. The number of hydrogen-bond acceptors (Lipinski definition) is 2. The second-order valence-corrected chi connectivity index (χ2v) is 3.34.